The van der Waals surface area contributed by atoms with E-state index in [4.69, 9.17) is 9.47 Å². The van der Waals surface area contributed by atoms with Crippen LogP contribution in [0.5, 0.6) is 17.2 Å². The number of aromatic nitrogens is 2. The van der Waals surface area contributed by atoms with Crippen LogP contribution in [0.4, 0.5) is 5.82 Å². The van der Waals surface area contributed by atoms with Gasteiger partial charge in [-0.1, -0.05) is 6.07 Å². The van der Waals surface area contributed by atoms with Gasteiger partial charge in [-0.05, 0) is 29.1 Å². The second-order valence-corrected chi connectivity index (χ2v) is 7.30. The summed E-state index contributed by atoms with van der Waals surface area (Å²) >= 11 is 1.65. The standard InChI is InChI=1S/C19H19N3O4S/c1-25-15-6-11(7-16(26-2)18(15)24)13-8-17(23)21-19-14(13)9-20-22(19)10-12-4-3-5-27-12/h3-7,9,13,24H,8,10H2,1-2H3,(H,21,23). The van der Waals surface area contributed by atoms with Crippen molar-refractivity contribution in [1.82, 2.24) is 9.78 Å². The lowest BCUT2D eigenvalue weighted by atomic mass is 9.87. The second-order valence-electron chi connectivity index (χ2n) is 6.26. The number of hydrogen-bond donors (Lipinski definition) is 2. The molecule has 1 amide bonds. The van der Waals surface area contributed by atoms with E-state index in [1.54, 1.807) is 34.3 Å². The van der Waals surface area contributed by atoms with Crippen molar-refractivity contribution in [3.8, 4) is 17.2 Å². The van der Waals surface area contributed by atoms with Crippen LogP contribution in [0.15, 0.2) is 35.8 Å². The summed E-state index contributed by atoms with van der Waals surface area (Å²) in [5.74, 6) is 0.986. The number of phenols is 1. The molecule has 1 aromatic carbocycles. The molecule has 3 heterocycles. The number of nitrogens with zero attached hydrogens (tertiary/aromatic N) is 2. The molecule has 0 bridgehead atoms. The fourth-order valence-electron chi connectivity index (χ4n) is 3.35. The van der Waals surface area contributed by atoms with Gasteiger partial charge in [0.1, 0.15) is 5.82 Å². The van der Waals surface area contributed by atoms with E-state index in [9.17, 15) is 9.90 Å². The van der Waals surface area contributed by atoms with E-state index < -0.39 is 0 Å². The van der Waals surface area contributed by atoms with Crippen molar-refractivity contribution >= 4 is 23.1 Å². The number of benzene rings is 1. The number of ether oxygens (including phenoxy) is 2. The Bertz CT molecular complexity index is 956. The van der Waals surface area contributed by atoms with Crippen LogP contribution in [0.3, 0.4) is 0 Å². The van der Waals surface area contributed by atoms with Gasteiger partial charge in [0.15, 0.2) is 11.5 Å². The largest absolute Gasteiger partial charge is 0.502 e. The maximum absolute atomic E-state index is 12.4. The first-order valence-corrected chi connectivity index (χ1v) is 9.31. The molecule has 3 aromatic rings. The molecule has 1 aliphatic heterocycles. The number of anilines is 1. The number of carbonyl (C=O) groups is 1. The Balaban J connectivity index is 1.76. The lowest BCUT2D eigenvalue weighted by molar-refractivity contribution is -0.116. The molecule has 27 heavy (non-hydrogen) atoms. The molecule has 0 spiro atoms. The zero-order valence-corrected chi connectivity index (χ0v) is 15.7. The number of rotatable bonds is 5. The third kappa shape index (κ3) is 3.12. The molecule has 0 saturated carbocycles. The molecule has 1 aliphatic rings. The van der Waals surface area contributed by atoms with E-state index in [2.05, 4.69) is 10.4 Å². The third-order valence-electron chi connectivity index (χ3n) is 4.68. The molecule has 1 atom stereocenters. The van der Waals surface area contributed by atoms with Gasteiger partial charge in [0.25, 0.3) is 0 Å². The van der Waals surface area contributed by atoms with Crippen LogP contribution >= 0.6 is 11.3 Å². The number of hydrogen-bond acceptors (Lipinski definition) is 6. The van der Waals surface area contributed by atoms with Crippen LogP contribution in [0, 0.1) is 0 Å². The van der Waals surface area contributed by atoms with Gasteiger partial charge in [-0.2, -0.15) is 5.10 Å². The number of phenolic OH excluding ortho intramolecular Hbond substituents is 1. The number of thiophene rings is 1. The first-order chi connectivity index (χ1) is 13.1. The van der Waals surface area contributed by atoms with Crippen LogP contribution in [-0.4, -0.2) is 35.0 Å². The quantitative estimate of drug-likeness (QED) is 0.705. The Kier molecular flexibility index (Phi) is 4.49. The molecule has 0 radical (unpaired) electrons. The molecule has 1 unspecified atom stereocenters. The van der Waals surface area contributed by atoms with E-state index in [0.717, 1.165) is 16.0 Å². The highest BCUT2D eigenvalue weighted by Crippen LogP contribution is 2.44. The molecule has 0 aliphatic carbocycles. The lowest BCUT2D eigenvalue weighted by Gasteiger charge is -2.24. The molecule has 7 nitrogen and oxygen atoms in total. The van der Waals surface area contributed by atoms with E-state index >= 15 is 0 Å². The summed E-state index contributed by atoms with van der Waals surface area (Å²) in [7, 11) is 2.96. The van der Waals surface area contributed by atoms with Gasteiger partial charge in [0.05, 0.1) is 27.0 Å². The molecule has 0 saturated heterocycles. The Labute approximate surface area is 160 Å². The number of nitrogens with one attached hydrogen (secondary N) is 1. The van der Waals surface area contributed by atoms with Gasteiger partial charge in [0, 0.05) is 22.8 Å². The fraction of sp³-hybridized carbons (Fsp3) is 0.263. The van der Waals surface area contributed by atoms with Crippen LogP contribution < -0.4 is 14.8 Å². The fourth-order valence-corrected chi connectivity index (χ4v) is 4.04. The second kappa shape index (κ2) is 6.96. The number of methoxy groups -OCH3 is 2. The predicted octanol–water partition coefficient (Wildman–Crippen LogP) is 3.19. The van der Waals surface area contributed by atoms with E-state index in [1.807, 2.05) is 17.5 Å². The Morgan fingerprint density at radius 3 is 2.70 bits per heavy atom. The average Bonchev–Trinajstić information content (AvgIpc) is 3.32. The number of amides is 1. The SMILES string of the molecule is COc1cc(C2CC(=O)Nc3c2cnn3Cc2cccs2)cc(OC)c1O. The number of carbonyl (C=O) groups excluding carboxylic acids is 1. The Morgan fingerprint density at radius 1 is 1.33 bits per heavy atom. The average molecular weight is 385 g/mol. The molecule has 8 heteroatoms. The van der Waals surface area contributed by atoms with Gasteiger partial charge >= 0.3 is 0 Å². The highest BCUT2D eigenvalue weighted by atomic mass is 32.1. The zero-order valence-electron chi connectivity index (χ0n) is 14.9. The van der Waals surface area contributed by atoms with Crippen LogP contribution in [-0.2, 0) is 11.3 Å². The lowest BCUT2D eigenvalue weighted by Crippen LogP contribution is -2.25. The minimum absolute atomic E-state index is 0.0578. The van der Waals surface area contributed by atoms with E-state index in [1.165, 1.54) is 14.2 Å². The maximum atomic E-state index is 12.4. The molecule has 2 N–H and O–H groups in total. The topological polar surface area (TPSA) is 85.6 Å². The van der Waals surface area contributed by atoms with Crippen LogP contribution in [0.1, 0.15) is 28.3 Å². The highest BCUT2D eigenvalue weighted by Gasteiger charge is 2.31. The van der Waals surface area contributed by atoms with Crippen molar-refractivity contribution in [2.45, 2.75) is 18.9 Å². The van der Waals surface area contributed by atoms with Gasteiger partial charge in [0.2, 0.25) is 11.7 Å². The van der Waals surface area contributed by atoms with Crippen LogP contribution in [0.25, 0.3) is 0 Å². The van der Waals surface area contributed by atoms with Crippen molar-refractivity contribution in [3.05, 3.63) is 51.8 Å². The van der Waals surface area contributed by atoms with Gasteiger partial charge in [-0.25, -0.2) is 4.68 Å². The summed E-state index contributed by atoms with van der Waals surface area (Å²) in [4.78, 5) is 13.5. The zero-order chi connectivity index (χ0) is 19.0. The molecule has 2 aromatic heterocycles. The summed E-state index contributed by atoms with van der Waals surface area (Å²) in [5, 5.41) is 19.6. The minimum Gasteiger partial charge on any atom is -0.502 e. The first kappa shape index (κ1) is 17.4. The Morgan fingerprint density at radius 2 is 2.07 bits per heavy atom. The summed E-state index contributed by atoms with van der Waals surface area (Å²) in [6.45, 7) is 0.599. The summed E-state index contributed by atoms with van der Waals surface area (Å²) in [6.07, 6.45) is 2.08. The predicted molar refractivity (Wildman–Crippen MR) is 102 cm³/mol. The van der Waals surface area contributed by atoms with Gasteiger partial charge in [-0.15, -0.1) is 11.3 Å². The molecule has 140 valence electrons. The maximum Gasteiger partial charge on any atom is 0.226 e. The van der Waals surface area contributed by atoms with Crippen molar-refractivity contribution < 1.29 is 19.4 Å². The van der Waals surface area contributed by atoms with Gasteiger partial charge in [-0.3, -0.25) is 4.79 Å². The Hall–Kier alpha value is -3.00. The molecule has 4 rings (SSSR count). The number of aromatic hydroxyl groups is 1. The summed E-state index contributed by atoms with van der Waals surface area (Å²) in [6, 6.07) is 7.51. The smallest absolute Gasteiger partial charge is 0.226 e. The number of fused-ring (bicyclic) bond motifs is 1. The monoisotopic (exact) mass is 385 g/mol. The molecule has 0 fully saturated rings. The van der Waals surface area contributed by atoms with Crippen LogP contribution in [0.2, 0.25) is 0 Å². The highest BCUT2D eigenvalue weighted by molar-refractivity contribution is 7.09. The first-order valence-electron chi connectivity index (χ1n) is 8.43. The molecular weight excluding hydrogens is 366 g/mol. The summed E-state index contributed by atoms with van der Waals surface area (Å²) < 4.78 is 12.3. The third-order valence-corrected chi connectivity index (χ3v) is 5.54. The van der Waals surface area contributed by atoms with E-state index in [0.29, 0.717) is 23.9 Å². The van der Waals surface area contributed by atoms with E-state index in [-0.39, 0.29) is 24.0 Å². The van der Waals surface area contributed by atoms with Crippen molar-refractivity contribution in [1.29, 1.82) is 0 Å². The van der Waals surface area contributed by atoms with Gasteiger partial charge < -0.3 is 19.9 Å². The summed E-state index contributed by atoms with van der Waals surface area (Å²) in [5.41, 5.74) is 1.76. The van der Waals surface area contributed by atoms with Crippen molar-refractivity contribution in [2.24, 2.45) is 0 Å². The minimum atomic E-state index is -0.200. The normalized spacial score (nSPS) is 15.9. The van der Waals surface area contributed by atoms with Crippen molar-refractivity contribution in [3.63, 3.8) is 0 Å². The molecular formula is C19H19N3O4S. The van der Waals surface area contributed by atoms with Crippen molar-refractivity contribution in [2.75, 3.05) is 19.5 Å².